The highest BCUT2D eigenvalue weighted by molar-refractivity contribution is 6.30. The van der Waals surface area contributed by atoms with Crippen LogP contribution >= 0.6 is 11.6 Å². The van der Waals surface area contributed by atoms with Gasteiger partial charge in [-0.3, -0.25) is 4.90 Å². The first-order valence-electron chi connectivity index (χ1n) is 8.78. The van der Waals surface area contributed by atoms with Gasteiger partial charge in [0.15, 0.2) is 0 Å². The van der Waals surface area contributed by atoms with Gasteiger partial charge >= 0.3 is 6.61 Å². The van der Waals surface area contributed by atoms with Crippen molar-refractivity contribution >= 4 is 17.4 Å². The van der Waals surface area contributed by atoms with Crippen molar-refractivity contribution in [3.05, 3.63) is 45.2 Å². The molecule has 150 valence electrons. The van der Waals surface area contributed by atoms with E-state index in [-0.39, 0.29) is 17.6 Å². The van der Waals surface area contributed by atoms with Crippen molar-refractivity contribution in [1.82, 2.24) is 14.9 Å². The van der Waals surface area contributed by atoms with Crippen LogP contribution in [-0.2, 0) is 19.5 Å². The molecule has 3 rings (SSSR count). The number of ether oxygens (including phenoxy) is 1. The number of aryl methyl sites for hydroxylation is 1. The number of aromatic nitrogens is 2. The molecule has 1 N–H and O–H groups in total. The number of hydrogen-bond acceptors (Lipinski definition) is 7. The zero-order chi connectivity index (χ0) is 21.0. The second-order valence-corrected chi connectivity index (χ2v) is 6.80. The lowest BCUT2D eigenvalue weighted by molar-refractivity contribution is -0.0529. The van der Waals surface area contributed by atoms with Crippen LogP contribution in [0, 0.1) is 29.6 Å². The van der Waals surface area contributed by atoms with E-state index in [1.807, 2.05) is 6.07 Å². The van der Waals surface area contributed by atoms with Crippen LogP contribution in [-0.4, -0.2) is 34.6 Å². The summed E-state index contributed by atoms with van der Waals surface area (Å²) in [6.07, 6.45) is 0.598. The molecule has 29 heavy (non-hydrogen) atoms. The molecule has 0 radical (unpaired) electrons. The third-order valence-corrected chi connectivity index (χ3v) is 4.92. The second-order valence-electron chi connectivity index (χ2n) is 6.44. The molecule has 0 atom stereocenters. The summed E-state index contributed by atoms with van der Waals surface area (Å²) in [6.45, 7) is 0.594. The number of hydrogen-bond donors (Lipinski definition) is 1. The number of fused-ring (bicyclic) bond motifs is 1. The third-order valence-electron chi connectivity index (χ3n) is 4.65. The summed E-state index contributed by atoms with van der Waals surface area (Å²) < 4.78 is 29.0. The minimum atomic E-state index is -2.92. The summed E-state index contributed by atoms with van der Waals surface area (Å²) in [4.78, 5) is 10.5. The zero-order valence-electron chi connectivity index (χ0n) is 15.5. The number of nitriles is 2. The molecule has 0 spiro atoms. The van der Waals surface area contributed by atoms with E-state index in [2.05, 4.69) is 31.0 Å². The van der Waals surface area contributed by atoms with Crippen molar-refractivity contribution in [2.75, 3.05) is 18.4 Å². The van der Waals surface area contributed by atoms with Gasteiger partial charge in [-0.1, -0.05) is 17.7 Å². The lowest BCUT2D eigenvalue weighted by Crippen LogP contribution is -2.32. The van der Waals surface area contributed by atoms with E-state index in [9.17, 15) is 14.0 Å². The van der Waals surface area contributed by atoms with E-state index in [0.717, 1.165) is 16.7 Å². The first kappa shape index (κ1) is 20.7. The fourth-order valence-corrected chi connectivity index (χ4v) is 3.55. The average Bonchev–Trinajstić information content (AvgIpc) is 2.68. The molecule has 1 aliphatic rings. The number of pyridine rings is 2. The highest BCUT2D eigenvalue weighted by Crippen LogP contribution is 2.32. The van der Waals surface area contributed by atoms with Crippen LogP contribution in [0.5, 0.6) is 5.88 Å². The summed E-state index contributed by atoms with van der Waals surface area (Å²) in [7, 11) is 0. The summed E-state index contributed by atoms with van der Waals surface area (Å²) in [5, 5.41) is 21.4. The monoisotopic (exact) mass is 418 g/mol. The van der Waals surface area contributed by atoms with Gasteiger partial charge in [0.1, 0.15) is 23.6 Å². The molecular weight excluding hydrogens is 402 g/mol. The van der Waals surface area contributed by atoms with Crippen molar-refractivity contribution in [1.29, 1.82) is 10.5 Å². The van der Waals surface area contributed by atoms with Crippen LogP contribution < -0.4 is 10.1 Å². The maximum Gasteiger partial charge on any atom is 0.388 e. The summed E-state index contributed by atoms with van der Waals surface area (Å²) in [5.74, 6) is 0.372. The Bertz CT molecular complexity index is 1000. The number of nitrogens with one attached hydrogen (secondary N) is 1. The van der Waals surface area contributed by atoms with Crippen molar-refractivity contribution in [3.63, 3.8) is 0 Å². The van der Waals surface area contributed by atoms with Crippen LogP contribution in [0.1, 0.15) is 27.9 Å². The number of rotatable bonds is 6. The van der Waals surface area contributed by atoms with E-state index in [1.54, 1.807) is 13.0 Å². The molecule has 0 bridgehead atoms. The molecule has 10 heteroatoms. The number of nitrogens with zero attached hydrogens (tertiary/aromatic N) is 5. The first-order valence-corrected chi connectivity index (χ1v) is 9.16. The standard InChI is InChI=1S/C19H17ClF2N6O/c1-11-12(2-3-16(26-11)29-19(21)22)9-28-7-4-13-14(8-24)17(20)27-18(15(13)10-28)25-6-5-23/h2-3,19H,4,6-7,9-10H2,1H3,(H,25,27). The van der Waals surface area contributed by atoms with Gasteiger partial charge in [-0.15, -0.1) is 0 Å². The maximum atomic E-state index is 12.3. The zero-order valence-corrected chi connectivity index (χ0v) is 16.3. The van der Waals surface area contributed by atoms with Gasteiger partial charge in [-0.2, -0.15) is 19.3 Å². The normalized spacial score (nSPS) is 13.5. The smallest absolute Gasteiger partial charge is 0.388 e. The van der Waals surface area contributed by atoms with E-state index in [4.69, 9.17) is 16.9 Å². The van der Waals surface area contributed by atoms with Crippen molar-refractivity contribution in [2.24, 2.45) is 0 Å². The minimum Gasteiger partial charge on any atom is -0.417 e. The Morgan fingerprint density at radius 2 is 2.10 bits per heavy atom. The lowest BCUT2D eigenvalue weighted by Gasteiger charge is -2.31. The molecular formula is C19H17ClF2N6O. The van der Waals surface area contributed by atoms with Crippen LogP contribution in [0.3, 0.4) is 0 Å². The Balaban J connectivity index is 1.84. The van der Waals surface area contributed by atoms with Gasteiger partial charge in [-0.05, 0) is 24.5 Å². The Morgan fingerprint density at radius 1 is 1.31 bits per heavy atom. The molecule has 0 unspecified atom stereocenters. The lowest BCUT2D eigenvalue weighted by atomic mass is 9.96. The molecule has 7 nitrogen and oxygen atoms in total. The van der Waals surface area contributed by atoms with Gasteiger partial charge in [0.25, 0.3) is 0 Å². The largest absolute Gasteiger partial charge is 0.417 e. The third kappa shape index (κ3) is 4.70. The average molecular weight is 419 g/mol. The van der Waals surface area contributed by atoms with Crippen LogP contribution in [0.25, 0.3) is 0 Å². The first-order chi connectivity index (χ1) is 13.9. The number of anilines is 1. The Hall–Kier alpha value is -3.01. The molecule has 2 aromatic heterocycles. The number of alkyl halides is 2. The Kier molecular flexibility index (Phi) is 6.42. The fourth-order valence-electron chi connectivity index (χ4n) is 3.31. The van der Waals surface area contributed by atoms with Crippen molar-refractivity contribution in [3.8, 4) is 18.0 Å². The molecule has 1 aliphatic heterocycles. The van der Waals surface area contributed by atoms with E-state index in [0.29, 0.717) is 43.1 Å². The van der Waals surface area contributed by atoms with Crippen LogP contribution in [0.4, 0.5) is 14.6 Å². The summed E-state index contributed by atoms with van der Waals surface area (Å²) in [5.41, 5.74) is 3.50. The van der Waals surface area contributed by atoms with Crippen molar-refractivity contribution < 1.29 is 13.5 Å². The van der Waals surface area contributed by atoms with Crippen molar-refractivity contribution in [2.45, 2.75) is 33.0 Å². The summed E-state index contributed by atoms with van der Waals surface area (Å²) in [6, 6.07) is 7.24. The predicted octanol–water partition coefficient (Wildman–Crippen LogP) is 3.41. The topological polar surface area (TPSA) is 97.9 Å². The molecule has 0 amide bonds. The van der Waals surface area contributed by atoms with E-state index in [1.165, 1.54) is 6.07 Å². The van der Waals surface area contributed by atoms with Crippen LogP contribution in [0.15, 0.2) is 12.1 Å². The van der Waals surface area contributed by atoms with Gasteiger partial charge < -0.3 is 10.1 Å². The molecule has 0 aromatic carbocycles. The minimum absolute atomic E-state index is 0.0658. The molecule has 0 saturated carbocycles. The molecule has 0 saturated heterocycles. The van der Waals surface area contributed by atoms with E-state index >= 15 is 0 Å². The quantitative estimate of drug-likeness (QED) is 0.567. The second kappa shape index (κ2) is 8.99. The molecule has 3 heterocycles. The van der Waals surface area contributed by atoms with Gasteiger partial charge in [-0.25, -0.2) is 9.97 Å². The fraction of sp³-hybridized carbons (Fsp3) is 0.368. The Labute approximate surface area is 171 Å². The SMILES string of the molecule is Cc1nc(OC(F)F)ccc1CN1CCc2c(C#N)c(Cl)nc(NCC#N)c2C1. The van der Waals surface area contributed by atoms with Crippen LogP contribution in [0.2, 0.25) is 5.15 Å². The maximum absolute atomic E-state index is 12.3. The number of halogens is 3. The molecule has 0 aliphatic carbocycles. The predicted molar refractivity (Wildman–Crippen MR) is 101 cm³/mol. The molecule has 2 aromatic rings. The van der Waals surface area contributed by atoms with Gasteiger partial charge in [0.05, 0.1) is 11.6 Å². The van der Waals surface area contributed by atoms with Gasteiger partial charge in [0, 0.05) is 37.0 Å². The van der Waals surface area contributed by atoms with Gasteiger partial charge in [0.2, 0.25) is 5.88 Å². The highest BCUT2D eigenvalue weighted by Gasteiger charge is 2.25. The molecule has 0 fully saturated rings. The van der Waals surface area contributed by atoms with E-state index < -0.39 is 6.61 Å². The Morgan fingerprint density at radius 3 is 2.76 bits per heavy atom. The highest BCUT2D eigenvalue weighted by atomic mass is 35.5. The summed E-state index contributed by atoms with van der Waals surface area (Å²) >= 11 is 6.14.